The Hall–Kier alpha value is -0.530. The molecule has 3 rings (SSSR count). The third-order valence-corrected chi connectivity index (χ3v) is 5.95. The van der Waals surface area contributed by atoms with Crippen LogP contribution < -0.4 is 0 Å². The zero-order chi connectivity index (χ0) is 12.6. The van der Waals surface area contributed by atoms with E-state index in [0.717, 1.165) is 30.6 Å². The maximum Gasteiger partial charge on any atom is 0.303 e. The third kappa shape index (κ3) is 2.44. The van der Waals surface area contributed by atoms with Crippen molar-refractivity contribution in [3.05, 3.63) is 0 Å². The van der Waals surface area contributed by atoms with Crippen molar-refractivity contribution in [1.82, 2.24) is 0 Å². The van der Waals surface area contributed by atoms with Gasteiger partial charge in [-0.15, -0.1) is 0 Å². The van der Waals surface area contributed by atoms with Gasteiger partial charge in [-0.3, -0.25) is 4.79 Å². The first-order valence-electron chi connectivity index (χ1n) is 7.89. The van der Waals surface area contributed by atoms with Crippen LogP contribution >= 0.6 is 0 Å². The van der Waals surface area contributed by atoms with E-state index >= 15 is 0 Å². The van der Waals surface area contributed by atoms with E-state index in [9.17, 15) is 4.79 Å². The van der Waals surface area contributed by atoms with Crippen molar-refractivity contribution in [3.63, 3.8) is 0 Å². The molecular formula is C16H26O2. The number of carbonyl (C=O) groups is 1. The van der Waals surface area contributed by atoms with E-state index in [1.54, 1.807) is 0 Å². The SMILES string of the molecule is O=C(O)CCCCC12CC3CCCC(C1)C(C3)C2. The molecule has 4 atom stereocenters. The van der Waals surface area contributed by atoms with E-state index in [4.69, 9.17) is 5.11 Å². The molecule has 0 saturated heterocycles. The van der Waals surface area contributed by atoms with Gasteiger partial charge >= 0.3 is 5.97 Å². The normalized spacial score (nSPS) is 41.9. The van der Waals surface area contributed by atoms with Crippen molar-refractivity contribution in [1.29, 1.82) is 0 Å². The van der Waals surface area contributed by atoms with Crippen LogP contribution in [-0.4, -0.2) is 11.1 Å². The molecule has 0 aromatic heterocycles. The average Bonchev–Trinajstić information content (AvgIpc) is 2.47. The second kappa shape index (κ2) is 4.86. The molecule has 0 heterocycles. The van der Waals surface area contributed by atoms with Crippen LogP contribution in [0.4, 0.5) is 0 Å². The predicted octanol–water partition coefficient (Wildman–Crippen LogP) is 4.24. The fourth-order valence-corrected chi connectivity index (χ4v) is 5.40. The molecule has 3 bridgehead atoms. The van der Waals surface area contributed by atoms with Gasteiger partial charge in [-0.05, 0) is 61.7 Å². The molecule has 3 aliphatic carbocycles. The van der Waals surface area contributed by atoms with Gasteiger partial charge in [-0.2, -0.15) is 0 Å². The first kappa shape index (κ1) is 12.5. The van der Waals surface area contributed by atoms with E-state index in [0.29, 0.717) is 11.8 Å². The van der Waals surface area contributed by atoms with Crippen molar-refractivity contribution in [2.75, 3.05) is 0 Å². The maximum atomic E-state index is 10.6. The smallest absolute Gasteiger partial charge is 0.303 e. The van der Waals surface area contributed by atoms with Gasteiger partial charge in [0.05, 0.1) is 0 Å². The van der Waals surface area contributed by atoms with Gasteiger partial charge in [0.15, 0.2) is 0 Å². The number of carboxylic acids is 1. The molecule has 18 heavy (non-hydrogen) atoms. The lowest BCUT2D eigenvalue weighted by Crippen LogP contribution is -2.26. The number of carboxylic acid groups (broad SMARTS) is 1. The highest BCUT2D eigenvalue weighted by Crippen LogP contribution is 2.61. The minimum absolute atomic E-state index is 0.367. The fourth-order valence-electron chi connectivity index (χ4n) is 5.40. The van der Waals surface area contributed by atoms with E-state index < -0.39 is 5.97 Å². The first-order chi connectivity index (χ1) is 8.67. The van der Waals surface area contributed by atoms with Crippen LogP contribution in [0, 0.1) is 23.2 Å². The van der Waals surface area contributed by atoms with Crippen molar-refractivity contribution >= 4 is 5.97 Å². The van der Waals surface area contributed by atoms with Gasteiger partial charge in [0.25, 0.3) is 0 Å². The summed E-state index contributed by atoms with van der Waals surface area (Å²) in [7, 11) is 0. The zero-order valence-corrected chi connectivity index (χ0v) is 11.4. The van der Waals surface area contributed by atoms with E-state index in [1.807, 2.05) is 0 Å². The van der Waals surface area contributed by atoms with E-state index in [1.165, 1.54) is 51.4 Å². The molecule has 0 spiro atoms. The topological polar surface area (TPSA) is 37.3 Å². The standard InChI is InChI=1S/C16H26O2/c17-15(18)6-1-2-7-16-9-12-4-3-5-13(10-16)14(8-12)11-16/h12-14H,1-11H2,(H,17,18). The second-order valence-corrected chi connectivity index (χ2v) is 7.27. The molecule has 2 heteroatoms. The number of rotatable bonds is 5. The van der Waals surface area contributed by atoms with Gasteiger partial charge in [-0.1, -0.05) is 25.7 Å². The van der Waals surface area contributed by atoms with E-state index in [2.05, 4.69) is 0 Å². The molecule has 3 fully saturated rings. The first-order valence-corrected chi connectivity index (χ1v) is 7.89. The van der Waals surface area contributed by atoms with Gasteiger partial charge in [0.1, 0.15) is 0 Å². The highest BCUT2D eigenvalue weighted by atomic mass is 16.4. The Labute approximate surface area is 110 Å². The Morgan fingerprint density at radius 2 is 1.94 bits per heavy atom. The predicted molar refractivity (Wildman–Crippen MR) is 71.3 cm³/mol. The number of fused-ring (bicyclic) bond motifs is 2. The molecule has 0 aromatic rings. The maximum absolute atomic E-state index is 10.6. The van der Waals surface area contributed by atoms with Crippen molar-refractivity contribution in [2.45, 2.75) is 70.6 Å². The molecule has 2 nitrogen and oxygen atoms in total. The Kier molecular flexibility index (Phi) is 3.38. The largest absolute Gasteiger partial charge is 0.481 e. The Morgan fingerprint density at radius 1 is 1.11 bits per heavy atom. The lowest BCUT2D eigenvalue weighted by atomic mass is 9.67. The van der Waals surface area contributed by atoms with Crippen LogP contribution in [0.5, 0.6) is 0 Å². The van der Waals surface area contributed by atoms with Crippen molar-refractivity contribution < 1.29 is 9.90 Å². The van der Waals surface area contributed by atoms with Crippen LogP contribution in [0.1, 0.15) is 70.6 Å². The number of hydrogen-bond donors (Lipinski definition) is 1. The summed E-state index contributed by atoms with van der Waals surface area (Å²) < 4.78 is 0. The van der Waals surface area contributed by atoms with E-state index in [-0.39, 0.29) is 0 Å². The molecule has 3 saturated carbocycles. The third-order valence-electron chi connectivity index (χ3n) is 5.95. The molecule has 3 aliphatic rings. The average molecular weight is 250 g/mol. The lowest BCUT2D eigenvalue weighted by Gasteiger charge is -2.38. The molecule has 1 N–H and O–H groups in total. The monoisotopic (exact) mass is 250 g/mol. The molecular weight excluding hydrogens is 224 g/mol. The van der Waals surface area contributed by atoms with Crippen molar-refractivity contribution in [2.24, 2.45) is 23.2 Å². The highest BCUT2D eigenvalue weighted by molar-refractivity contribution is 5.66. The minimum Gasteiger partial charge on any atom is -0.481 e. The summed E-state index contributed by atoms with van der Waals surface area (Å²) in [6.07, 6.45) is 14.1. The second-order valence-electron chi connectivity index (χ2n) is 7.27. The molecule has 0 radical (unpaired) electrons. The molecule has 102 valence electrons. The number of unbranched alkanes of at least 4 members (excludes halogenated alkanes) is 1. The number of hydrogen-bond acceptors (Lipinski definition) is 1. The van der Waals surface area contributed by atoms with Crippen LogP contribution in [0.3, 0.4) is 0 Å². The summed E-state index contributed by atoms with van der Waals surface area (Å²) in [5.41, 5.74) is 0.636. The molecule has 0 amide bonds. The molecule has 0 aliphatic heterocycles. The summed E-state index contributed by atoms with van der Waals surface area (Å²) in [4.78, 5) is 10.6. The minimum atomic E-state index is -0.627. The Morgan fingerprint density at radius 3 is 2.78 bits per heavy atom. The van der Waals surface area contributed by atoms with Crippen LogP contribution in [-0.2, 0) is 4.79 Å². The van der Waals surface area contributed by atoms with Crippen LogP contribution in [0.25, 0.3) is 0 Å². The summed E-state index contributed by atoms with van der Waals surface area (Å²) in [6, 6.07) is 0. The van der Waals surface area contributed by atoms with Gasteiger partial charge < -0.3 is 5.11 Å². The Bertz CT molecular complexity index is 321. The number of aliphatic carboxylic acids is 1. The van der Waals surface area contributed by atoms with Crippen LogP contribution in [0.15, 0.2) is 0 Å². The Balaban J connectivity index is 1.57. The quantitative estimate of drug-likeness (QED) is 0.741. The van der Waals surface area contributed by atoms with Crippen molar-refractivity contribution in [3.8, 4) is 0 Å². The summed E-state index contributed by atoms with van der Waals surface area (Å²) in [5, 5.41) is 8.71. The highest BCUT2D eigenvalue weighted by Gasteiger charge is 2.50. The zero-order valence-electron chi connectivity index (χ0n) is 11.4. The summed E-state index contributed by atoms with van der Waals surface area (Å²) in [5.74, 6) is 2.44. The molecule has 4 unspecified atom stereocenters. The fraction of sp³-hybridized carbons (Fsp3) is 0.938. The van der Waals surface area contributed by atoms with Gasteiger partial charge in [-0.25, -0.2) is 0 Å². The summed E-state index contributed by atoms with van der Waals surface area (Å²) in [6.45, 7) is 0. The summed E-state index contributed by atoms with van der Waals surface area (Å²) >= 11 is 0. The van der Waals surface area contributed by atoms with Gasteiger partial charge in [0.2, 0.25) is 0 Å². The van der Waals surface area contributed by atoms with Gasteiger partial charge in [0, 0.05) is 6.42 Å². The molecule has 0 aromatic carbocycles. The van der Waals surface area contributed by atoms with Crippen LogP contribution in [0.2, 0.25) is 0 Å². The lowest BCUT2D eigenvalue weighted by molar-refractivity contribution is -0.137.